The van der Waals surface area contributed by atoms with Gasteiger partial charge in [0, 0.05) is 19.5 Å². The number of anilines is 1. The molecule has 5 heteroatoms. The molecule has 0 N–H and O–H groups in total. The van der Waals surface area contributed by atoms with Crippen molar-refractivity contribution in [2.24, 2.45) is 5.10 Å². The Morgan fingerprint density at radius 1 is 0.960 bits per heavy atom. The minimum absolute atomic E-state index is 0.0302. The maximum Gasteiger partial charge on any atom is 0.270 e. The fraction of sp³-hybridized carbons (Fsp3) is 0.300. The van der Waals surface area contributed by atoms with E-state index < -0.39 is 0 Å². The van der Waals surface area contributed by atoms with Crippen molar-refractivity contribution in [2.75, 3.05) is 31.3 Å². The first kappa shape index (κ1) is 15.8. The molecule has 4 rings (SSSR count). The number of morpholine rings is 1. The van der Waals surface area contributed by atoms with E-state index in [1.807, 2.05) is 58.4 Å². The molecule has 0 aromatic heterocycles. The van der Waals surface area contributed by atoms with Crippen molar-refractivity contribution in [3.63, 3.8) is 0 Å². The highest BCUT2D eigenvalue weighted by Gasteiger charge is 2.34. The number of amides is 1. The SMILES string of the molecule is O=C(C1=NN(c2ccccc2)C(c2ccccc2)C1)N1CCOCC1. The van der Waals surface area contributed by atoms with Gasteiger partial charge in [0.2, 0.25) is 0 Å². The van der Waals surface area contributed by atoms with Gasteiger partial charge in [-0.3, -0.25) is 9.80 Å². The van der Waals surface area contributed by atoms with Crippen LogP contribution in [0, 0.1) is 0 Å². The summed E-state index contributed by atoms with van der Waals surface area (Å²) in [6, 6.07) is 20.3. The largest absolute Gasteiger partial charge is 0.378 e. The molecule has 0 saturated carbocycles. The molecule has 0 bridgehead atoms. The minimum atomic E-state index is 0.0302. The van der Waals surface area contributed by atoms with E-state index in [0.29, 0.717) is 38.4 Å². The molecule has 1 unspecified atom stereocenters. The van der Waals surface area contributed by atoms with Crippen LogP contribution in [-0.2, 0) is 9.53 Å². The van der Waals surface area contributed by atoms with Gasteiger partial charge in [-0.05, 0) is 17.7 Å². The summed E-state index contributed by atoms with van der Waals surface area (Å²) in [5.41, 5.74) is 2.79. The summed E-state index contributed by atoms with van der Waals surface area (Å²) in [4.78, 5) is 14.7. The molecule has 2 aliphatic heterocycles. The predicted molar refractivity (Wildman–Crippen MR) is 97.6 cm³/mol. The van der Waals surface area contributed by atoms with Crippen molar-refractivity contribution in [1.82, 2.24) is 4.90 Å². The molecule has 1 fully saturated rings. The van der Waals surface area contributed by atoms with Gasteiger partial charge < -0.3 is 9.64 Å². The zero-order chi connectivity index (χ0) is 17.1. The van der Waals surface area contributed by atoms with Crippen molar-refractivity contribution in [1.29, 1.82) is 0 Å². The maximum atomic E-state index is 12.9. The molecule has 128 valence electrons. The number of hydrogen-bond acceptors (Lipinski definition) is 4. The molecule has 1 amide bonds. The number of rotatable bonds is 3. The summed E-state index contributed by atoms with van der Waals surface area (Å²) in [6.45, 7) is 2.48. The first-order chi connectivity index (χ1) is 12.3. The lowest BCUT2D eigenvalue weighted by atomic mass is 10.0. The Bertz CT molecular complexity index is 755. The monoisotopic (exact) mass is 335 g/mol. The first-order valence-corrected chi connectivity index (χ1v) is 8.66. The van der Waals surface area contributed by atoms with Crippen LogP contribution in [0.15, 0.2) is 65.8 Å². The van der Waals surface area contributed by atoms with Gasteiger partial charge in [-0.2, -0.15) is 5.10 Å². The molecule has 2 aromatic rings. The Balaban J connectivity index is 1.64. The van der Waals surface area contributed by atoms with Crippen LogP contribution >= 0.6 is 0 Å². The Kier molecular flexibility index (Phi) is 4.48. The highest BCUT2D eigenvalue weighted by atomic mass is 16.5. The van der Waals surface area contributed by atoms with Crippen molar-refractivity contribution in [3.8, 4) is 0 Å². The van der Waals surface area contributed by atoms with Crippen molar-refractivity contribution in [3.05, 3.63) is 66.2 Å². The second kappa shape index (κ2) is 7.07. The third-order valence-electron chi connectivity index (χ3n) is 4.66. The molecule has 1 saturated heterocycles. The van der Waals surface area contributed by atoms with Crippen LogP contribution < -0.4 is 5.01 Å². The molecule has 0 radical (unpaired) electrons. The summed E-state index contributed by atoms with van der Waals surface area (Å²) in [5, 5.41) is 6.68. The molecule has 2 aromatic carbocycles. The van der Waals surface area contributed by atoms with Gasteiger partial charge in [0.15, 0.2) is 0 Å². The smallest absolute Gasteiger partial charge is 0.270 e. The van der Waals surface area contributed by atoms with Crippen LogP contribution in [0.2, 0.25) is 0 Å². The quantitative estimate of drug-likeness (QED) is 0.866. The van der Waals surface area contributed by atoms with E-state index in [2.05, 4.69) is 12.1 Å². The van der Waals surface area contributed by atoms with E-state index in [-0.39, 0.29) is 11.9 Å². The van der Waals surface area contributed by atoms with Gasteiger partial charge in [-0.15, -0.1) is 0 Å². The highest BCUT2D eigenvalue weighted by Crippen LogP contribution is 2.35. The van der Waals surface area contributed by atoms with E-state index in [4.69, 9.17) is 9.84 Å². The average Bonchev–Trinajstić information content (AvgIpc) is 3.15. The standard InChI is InChI=1S/C20H21N3O2/c24-20(22-11-13-25-14-12-22)18-15-19(16-7-3-1-4-8-16)23(21-18)17-9-5-2-6-10-17/h1-10,19H,11-15H2. The van der Waals surface area contributed by atoms with E-state index in [1.165, 1.54) is 5.56 Å². The molecule has 1 atom stereocenters. The Hall–Kier alpha value is -2.66. The van der Waals surface area contributed by atoms with Crippen LogP contribution in [0.4, 0.5) is 5.69 Å². The van der Waals surface area contributed by atoms with Gasteiger partial charge >= 0.3 is 0 Å². The molecule has 2 aliphatic rings. The normalized spacial score (nSPS) is 20.5. The van der Waals surface area contributed by atoms with Crippen LogP contribution in [0.1, 0.15) is 18.0 Å². The van der Waals surface area contributed by atoms with Gasteiger partial charge in [0.1, 0.15) is 5.71 Å². The zero-order valence-corrected chi connectivity index (χ0v) is 14.0. The summed E-state index contributed by atoms with van der Waals surface area (Å²) in [6.07, 6.45) is 0.620. The summed E-state index contributed by atoms with van der Waals surface area (Å²) in [7, 11) is 0. The molecular weight excluding hydrogens is 314 g/mol. The van der Waals surface area contributed by atoms with Gasteiger partial charge in [-0.25, -0.2) is 0 Å². The third-order valence-corrected chi connectivity index (χ3v) is 4.66. The average molecular weight is 335 g/mol. The molecule has 0 aliphatic carbocycles. The van der Waals surface area contributed by atoms with Gasteiger partial charge in [-0.1, -0.05) is 48.5 Å². The molecule has 2 heterocycles. The lowest BCUT2D eigenvalue weighted by Gasteiger charge is -2.26. The van der Waals surface area contributed by atoms with Crippen LogP contribution in [0.3, 0.4) is 0 Å². The number of benzene rings is 2. The number of ether oxygens (including phenoxy) is 1. The summed E-state index contributed by atoms with van der Waals surface area (Å²) in [5.74, 6) is 0.0302. The number of carbonyl (C=O) groups excluding carboxylic acids is 1. The third kappa shape index (κ3) is 3.28. The van der Waals surface area contributed by atoms with E-state index in [1.54, 1.807) is 0 Å². The molecular formula is C20H21N3O2. The van der Waals surface area contributed by atoms with Crippen LogP contribution in [0.25, 0.3) is 0 Å². The molecule has 0 spiro atoms. The van der Waals surface area contributed by atoms with Crippen molar-refractivity contribution < 1.29 is 9.53 Å². The number of nitrogens with zero attached hydrogens (tertiary/aromatic N) is 3. The highest BCUT2D eigenvalue weighted by molar-refractivity contribution is 6.39. The molecule has 25 heavy (non-hydrogen) atoms. The molecule has 5 nitrogen and oxygen atoms in total. The second-order valence-electron chi connectivity index (χ2n) is 6.26. The van der Waals surface area contributed by atoms with E-state index >= 15 is 0 Å². The summed E-state index contributed by atoms with van der Waals surface area (Å²) >= 11 is 0. The zero-order valence-electron chi connectivity index (χ0n) is 14.0. The maximum absolute atomic E-state index is 12.9. The topological polar surface area (TPSA) is 45.1 Å². The fourth-order valence-corrected chi connectivity index (χ4v) is 3.34. The Morgan fingerprint density at radius 2 is 1.60 bits per heavy atom. The number of hydrazone groups is 1. The van der Waals surface area contributed by atoms with E-state index in [9.17, 15) is 4.79 Å². The number of para-hydroxylation sites is 1. The fourth-order valence-electron chi connectivity index (χ4n) is 3.34. The second-order valence-corrected chi connectivity index (χ2v) is 6.26. The van der Waals surface area contributed by atoms with Crippen molar-refractivity contribution >= 4 is 17.3 Å². The summed E-state index contributed by atoms with van der Waals surface area (Å²) < 4.78 is 5.35. The lowest BCUT2D eigenvalue weighted by Crippen LogP contribution is -2.43. The Labute approximate surface area is 147 Å². The van der Waals surface area contributed by atoms with Gasteiger partial charge in [0.05, 0.1) is 24.9 Å². The Morgan fingerprint density at radius 3 is 2.28 bits per heavy atom. The van der Waals surface area contributed by atoms with Crippen LogP contribution in [0.5, 0.6) is 0 Å². The lowest BCUT2D eigenvalue weighted by molar-refractivity contribution is -0.128. The number of carbonyl (C=O) groups is 1. The van der Waals surface area contributed by atoms with Crippen molar-refractivity contribution in [2.45, 2.75) is 12.5 Å². The van der Waals surface area contributed by atoms with Crippen LogP contribution in [-0.4, -0.2) is 42.8 Å². The van der Waals surface area contributed by atoms with E-state index in [0.717, 1.165) is 5.69 Å². The first-order valence-electron chi connectivity index (χ1n) is 8.66. The predicted octanol–water partition coefficient (Wildman–Crippen LogP) is 2.85. The van der Waals surface area contributed by atoms with Gasteiger partial charge in [0.25, 0.3) is 5.91 Å². The number of hydrogen-bond donors (Lipinski definition) is 0. The minimum Gasteiger partial charge on any atom is -0.378 e.